The summed E-state index contributed by atoms with van der Waals surface area (Å²) in [5.74, 6) is 0.166. The third kappa shape index (κ3) is 1.48. The van der Waals surface area contributed by atoms with Crippen molar-refractivity contribution in [2.75, 3.05) is 0 Å². The smallest absolute Gasteiger partial charge is 0.305 e. The van der Waals surface area contributed by atoms with Crippen LogP contribution in [0.1, 0.15) is 47.0 Å². The summed E-state index contributed by atoms with van der Waals surface area (Å²) < 4.78 is 11.3. The van der Waals surface area contributed by atoms with Gasteiger partial charge in [-0.2, -0.15) is 0 Å². The van der Waals surface area contributed by atoms with Gasteiger partial charge < -0.3 is 9.47 Å². The third-order valence-electron chi connectivity index (χ3n) is 3.82. The molecule has 0 aromatic heterocycles. The van der Waals surface area contributed by atoms with Gasteiger partial charge >= 0.3 is 5.97 Å². The van der Waals surface area contributed by atoms with E-state index in [0.717, 1.165) is 12.8 Å². The minimum Gasteiger partial charge on any atom is -0.430 e. The van der Waals surface area contributed by atoms with Crippen molar-refractivity contribution in [1.29, 1.82) is 0 Å². The van der Waals surface area contributed by atoms with Gasteiger partial charge in [0.1, 0.15) is 5.60 Å². The van der Waals surface area contributed by atoms with Gasteiger partial charge in [-0.05, 0) is 24.7 Å². The Morgan fingerprint density at radius 1 is 1.53 bits per heavy atom. The number of hydrogen-bond donors (Lipinski definition) is 0. The molecule has 0 amide bonds. The summed E-state index contributed by atoms with van der Waals surface area (Å²) in [6, 6.07) is 0. The van der Waals surface area contributed by atoms with E-state index in [1.807, 2.05) is 0 Å². The molecule has 1 aliphatic carbocycles. The first kappa shape index (κ1) is 10.9. The van der Waals surface area contributed by atoms with E-state index in [1.54, 1.807) is 0 Å². The topological polar surface area (TPSA) is 38.8 Å². The third-order valence-corrected chi connectivity index (χ3v) is 3.82. The predicted molar refractivity (Wildman–Crippen MR) is 56.2 cm³/mol. The Hall–Kier alpha value is -0.570. The summed E-state index contributed by atoms with van der Waals surface area (Å²) in [5, 5.41) is 0. The Morgan fingerprint density at radius 3 is 2.73 bits per heavy atom. The van der Waals surface area contributed by atoms with Crippen LogP contribution < -0.4 is 0 Å². The van der Waals surface area contributed by atoms with Gasteiger partial charge in [-0.25, -0.2) is 0 Å². The van der Waals surface area contributed by atoms with Crippen molar-refractivity contribution in [3.63, 3.8) is 0 Å². The van der Waals surface area contributed by atoms with E-state index in [1.165, 1.54) is 13.3 Å². The lowest BCUT2D eigenvalue weighted by Gasteiger charge is -2.30. The van der Waals surface area contributed by atoms with E-state index in [0.29, 0.717) is 11.8 Å². The molecule has 3 atom stereocenters. The molecule has 1 aliphatic heterocycles. The molecule has 0 bridgehead atoms. The zero-order valence-corrected chi connectivity index (χ0v) is 10.0. The van der Waals surface area contributed by atoms with E-state index in [-0.39, 0.29) is 11.6 Å². The normalized spacial score (nSPS) is 43.7. The van der Waals surface area contributed by atoms with E-state index in [2.05, 4.69) is 20.8 Å². The number of carbonyl (C=O) groups excluding carboxylic acids is 1. The molecular weight excluding hydrogens is 192 g/mol. The Labute approximate surface area is 91.1 Å². The molecule has 0 aromatic rings. The highest BCUT2D eigenvalue weighted by Crippen LogP contribution is 2.62. The summed E-state index contributed by atoms with van der Waals surface area (Å²) in [4.78, 5) is 11.1. The lowest BCUT2D eigenvalue weighted by molar-refractivity contribution is -0.159. The Kier molecular flexibility index (Phi) is 2.34. The lowest BCUT2D eigenvalue weighted by Crippen LogP contribution is -2.39. The first-order valence-corrected chi connectivity index (χ1v) is 5.81. The van der Waals surface area contributed by atoms with Crippen molar-refractivity contribution in [3.05, 3.63) is 0 Å². The van der Waals surface area contributed by atoms with Gasteiger partial charge in [0, 0.05) is 13.3 Å². The molecular formula is C12H20O3. The highest BCUT2D eigenvalue weighted by atomic mass is 16.8. The van der Waals surface area contributed by atoms with E-state index >= 15 is 0 Å². The minimum atomic E-state index is -0.593. The maximum Gasteiger partial charge on any atom is 0.305 e. The largest absolute Gasteiger partial charge is 0.430 e. The monoisotopic (exact) mass is 212 g/mol. The van der Waals surface area contributed by atoms with Crippen LogP contribution in [0.3, 0.4) is 0 Å². The summed E-state index contributed by atoms with van der Waals surface area (Å²) in [6.07, 6.45) is 3.03. The van der Waals surface area contributed by atoms with Gasteiger partial charge in [-0.3, -0.25) is 4.79 Å². The molecule has 0 N–H and O–H groups in total. The zero-order chi connectivity index (χ0) is 11.3. The summed E-state index contributed by atoms with van der Waals surface area (Å²) in [5.41, 5.74) is -0.189. The molecule has 3 nitrogen and oxygen atoms in total. The number of fused-ring (bicyclic) bond motifs is 1. The van der Waals surface area contributed by atoms with Crippen LogP contribution in [0.4, 0.5) is 0 Å². The molecule has 0 radical (unpaired) electrons. The first-order valence-electron chi connectivity index (χ1n) is 5.81. The highest BCUT2D eigenvalue weighted by molar-refractivity contribution is 5.67. The number of hydrogen-bond acceptors (Lipinski definition) is 3. The SMILES string of the molecule is CC(=O)O[C@@]12C[C@H](C)CC[C@]1(C(C)C)O2. The molecule has 3 heteroatoms. The van der Waals surface area contributed by atoms with Crippen LogP contribution in [-0.2, 0) is 14.3 Å². The summed E-state index contributed by atoms with van der Waals surface area (Å²) >= 11 is 0. The fourth-order valence-electron chi connectivity index (χ4n) is 2.97. The van der Waals surface area contributed by atoms with Crippen LogP contribution in [0.25, 0.3) is 0 Å². The Bertz CT molecular complexity index is 287. The van der Waals surface area contributed by atoms with Crippen LogP contribution in [0.15, 0.2) is 0 Å². The van der Waals surface area contributed by atoms with Crippen molar-refractivity contribution < 1.29 is 14.3 Å². The Balaban J connectivity index is 2.18. The maximum absolute atomic E-state index is 11.1. The highest BCUT2D eigenvalue weighted by Gasteiger charge is 2.75. The minimum absolute atomic E-state index is 0.189. The van der Waals surface area contributed by atoms with Gasteiger partial charge in [0.25, 0.3) is 0 Å². The standard InChI is InChI=1S/C12H20O3/c1-8(2)11-6-5-9(3)7-12(11,15-11)14-10(4)13/h8-9H,5-7H2,1-4H3/t9-,11-,12-/m1/s1. The fourth-order valence-corrected chi connectivity index (χ4v) is 2.97. The van der Waals surface area contributed by atoms with Gasteiger partial charge in [-0.1, -0.05) is 20.8 Å². The van der Waals surface area contributed by atoms with Crippen molar-refractivity contribution in [1.82, 2.24) is 0 Å². The molecule has 0 unspecified atom stereocenters. The molecule has 2 aliphatic rings. The summed E-state index contributed by atoms with van der Waals surface area (Å²) in [6.45, 7) is 7.93. The average molecular weight is 212 g/mol. The van der Waals surface area contributed by atoms with E-state index < -0.39 is 5.79 Å². The van der Waals surface area contributed by atoms with Crippen molar-refractivity contribution in [3.8, 4) is 0 Å². The van der Waals surface area contributed by atoms with Gasteiger partial charge in [-0.15, -0.1) is 0 Å². The molecule has 0 spiro atoms. The molecule has 1 saturated carbocycles. The second-order valence-corrected chi connectivity index (χ2v) is 5.34. The summed E-state index contributed by atoms with van der Waals surface area (Å²) in [7, 11) is 0. The maximum atomic E-state index is 11.1. The number of ether oxygens (including phenoxy) is 2. The predicted octanol–water partition coefficient (Wildman–Crippen LogP) is 2.49. The van der Waals surface area contributed by atoms with Crippen LogP contribution in [0.5, 0.6) is 0 Å². The number of epoxide rings is 1. The van der Waals surface area contributed by atoms with E-state index in [9.17, 15) is 4.79 Å². The fraction of sp³-hybridized carbons (Fsp3) is 0.917. The number of esters is 1. The average Bonchev–Trinajstić information content (AvgIpc) is 2.71. The second-order valence-electron chi connectivity index (χ2n) is 5.34. The van der Waals surface area contributed by atoms with Crippen LogP contribution in [0, 0.1) is 11.8 Å². The molecule has 1 heterocycles. The van der Waals surface area contributed by atoms with Crippen LogP contribution in [0.2, 0.25) is 0 Å². The molecule has 1 saturated heterocycles. The molecule has 2 fully saturated rings. The second kappa shape index (κ2) is 3.21. The van der Waals surface area contributed by atoms with Crippen molar-refractivity contribution in [2.24, 2.45) is 11.8 Å². The zero-order valence-electron chi connectivity index (χ0n) is 10.0. The Morgan fingerprint density at radius 2 is 2.20 bits per heavy atom. The molecule has 0 aromatic carbocycles. The first-order chi connectivity index (χ1) is 6.92. The number of carbonyl (C=O) groups is 1. The van der Waals surface area contributed by atoms with Crippen LogP contribution >= 0.6 is 0 Å². The quantitative estimate of drug-likeness (QED) is 0.521. The lowest BCUT2D eigenvalue weighted by atomic mass is 9.75. The molecule has 2 rings (SSSR count). The van der Waals surface area contributed by atoms with Crippen molar-refractivity contribution in [2.45, 2.75) is 58.3 Å². The van der Waals surface area contributed by atoms with E-state index in [4.69, 9.17) is 9.47 Å². The van der Waals surface area contributed by atoms with Gasteiger partial charge in [0.15, 0.2) is 0 Å². The van der Waals surface area contributed by atoms with Crippen LogP contribution in [-0.4, -0.2) is 17.4 Å². The molecule has 86 valence electrons. The van der Waals surface area contributed by atoms with Crippen molar-refractivity contribution >= 4 is 5.97 Å². The van der Waals surface area contributed by atoms with Gasteiger partial charge in [0.05, 0.1) is 0 Å². The number of rotatable bonds is 2. The molecule has 15 heavy (non-hydrogen) atoms. The van der Waals surface area contributed by atoms with Gasteiger partial charge in [0.2, 0.25) is 5.79 Å².